The lowest BCUT2D eigenvalue weighted by Crippen LogP contribution is -2.18. The van der Waals surface area contributed by atoms with Crippen LogP contribution in [0.25, 0.3) is 0 Å². The third-order valence-electron chi connectivity index (χ3n) is 3.22. The Labute approximate surface area is 108 Å². The Morgan fingerprint density at radius 2 is 2.35 bits per heavy atom. The predicted molar refractivity (Wildman–Crippen MR) is 71.3 cm³/mol. The molecule has 1 N–H and O–H groups in total. The molecule has 2 atom stereocenters. The first-order valence-electron chi connectivity index (χ1n) is 6.48. The van der Waals surface area contributed by atoms with Crippen LogP contribution >= 0.6 is 11.3 Å². The van der Waals surface area contributed by atoms with Gasteiger partial charge in [-0.15, -0.1) is 11.3 Å². The Kier molecular flexibility index (Phi) is 4.54. The third kappa shape index (κ3) is 3.27. The minimum atomic E-state index is 0.229. The molecule has 0 saturated heterocycles. The quantitative estimate of drug-likeness (QED) is 0.810. The van der Waals surface area contributed by atoms with Crippen molar-refractivity contribution in [3.05, 3.63) is 16.1 Å². The summed E-state index contributed by atoms with van der Waals surface area (Å²) in [6.07, 6.45) is 5.97. The van der Waals surface area contributed by atoms with E-state index in [-0.39, 0.29) is 6.10 Å². The fourth-order valence-electron chi connectivity index (χ4n) is 1.99. The molecule has 0 amide bonds. The second-order valence-corrected chi connectivity index (χ2v) is 5.86. The molecule has 1 heterocycles. The van der Waals surface area contributed by atoms with Crippen molar-refractivity contribution in [3.8, 4) is 0 Å². The molecule has 0 aromatic carbocycles. The van der Waals surface area contributed by atoms with E-state index >= 15 is 0 Å². The summed E-state index contributed by atoms with van der Waals surface area (Å²) in [5.41, 5.74) is 0. The minimum absolute atomic E-state index is 0.229. The monoisotopic (exact) mass is 254 g/mol. The van der Waals surface area contributed by atoms with Gasteiger partial charge in [0.25, 0.3) is 0 Å². The van der Waals surface area contributed by atoms with Gasteiger partial charge in [-0.05, 0) is 38.6 Å². The minimum Gasteiger partial charge on any atom is -0.374 e. The van der Waals surface area contributed by atoms with Gasteiger partial charge in [-0.1, -0.05) is 6.92 Å². The number of aromatic nitrogens is 1. The number of ether oxygens (including phenoxy) is 1. The largest absolute Gasteiger partial charge is 0.374 e. The van der Waals surface area contributed by atoms with E-state index in [9.17, 15) is 0 Å². The van der Waals surface area contributed by atoms with Gasteiger partial charge < -0.3 is 10.1 Å². The molecule has 3 nitrogen and oxygen atoms in total. The van der Waals surface area contributed by atoms with Gasteiger partial charge in [0.2, 0.25) is 0 Å². The predicted octanol–water partition coefficient (Wildman–Crippen LogP) is 3.30. The number of thiazole rings is 1. The Morgan fingerprint density at radius 1 is 1.59 bits per heavy atom. The fraction of sp³-hybridized carbons (Fsp3) is 0.769. The van der Waals surface area contributed by atoms with Gasteiger partial charge in [0.15, 0.2) is 0 Å². The van der Waals surface area contributed by atoms with Crippen LogP contribution in [0.3, 0.4) is 0 Å². The maximum Gasteiger partial charge on any atom is 0.122 e. The van der Waals surface area contributed by atoms with E-state index in [1.165, 1.54) is 24.1 Å². The summed E-state index contributed by atoms with van der Waals surface area (Å²) in [5, 5.41) is 4.64. The van der Waals surface area contributed by atoms with Crippen LogP contribution in [0.1, 0.15) is 55.1 Å². The van der Waals surface area contributed by atoms with E-state index in [2.05, 4.69) is 24.1 Å². The smallest absolute Gasteiger partial charge is 0.122 e. The molecule has 2 rings (SSSR count). The Balaban J connectivity index is 1.98. The van der Waals surface area contributed by atoms with Gasteiger partial charge in [0, 0.05) is 24.2 Å². The molecule has 4 heteroatoms. The zero-order valence-electron chi connectivity index (χ0n) is 10.9. The first kappa shape index (κ1) is 13.0. The number of rotatable bonds is 7. The van der Waals surface area contributed by atoms with Gasteiger partial charge in [0.1, 0.15) is 11.1 Å². The van der Waals surface area contributed by atoms with E-state index < -0.39 is 0 Å². The van der Waals surface area contributed by atoms with Gasteiger partial charge in [0.05, 0.1) is 0 Å². The van der Waals surface area contributed by atoms with E-state index in [0.717, 1.165) is 11.6 Å². The summed E-state index contributed by atoms with van der Waals surface area (Å²) in [4.78, 5) is 5.85. The van der Waals surface area contributed by atoms with Crippen molar-refractivity contribution < 1.29 is 4.74 Å². The molecule has 2 unspecified atom stereocenters. The zero-order valence-corrected chi connectivity index (χ0v) is 11.7. The van der Waals surface area contributed by atoms with Crippen LogP contribution in [0.15, 0.2) is 6.20 Å². The highest BCUT2D eigenvalue weighted by atomic mass is 32.1. The second-order valence-electron chi connectivity index (χ2n) is 4.77. The number of hydrogen-bond donors (Lipinski definition) is 1. The molecule has 1 aromatic heterocycles. The van der Waals surface area contributed by atoms with Crippen LogP contribution in [-0.4, -0.2) is 18.6 Å². The van der Waals surface area contributed by atoms with Crippen molar-refractivity contribution in [2.24, 2.45) is 5.92 Å². The van der Waals surface area contributed by atoms with E-state index in [1.54, 1.807) is 18.4 Å². The molecule has 1 aromatic rings. The molecule has 1 fully saturated rings. The average Bonchev–Trinajstić information content (AvgIpc) is 3.04. The lowest BCUT2D eigenvalue weighted by molar-refractivity contribution is 0.0844. The molecule has 96 valence electrons. The molecule has 1 aliphatic rings. The summed E-state index contributed by atoms with van der Waals surface area (Å²) in [5.74, 6) is 0.706. The third-order valence-corrected chi connectivity index (χ3v) is 4.46. The van der Waals surface area contributed by atoms with Crippen molar-refractivity contribution in [2.75, 3.05) is 13.7 Å². The highest BCUT2D eigenvalue weighted by Gasteiger charge is 2.34. The van der Waals surface area contributed by atoms with Gasteiger partial charge >= 0.3 is 0 Å². The van der Waals surface area contributed by atoms with Gasteiger partial charge in [-0.3, -0.25) is 0 Å². The fourth-order valence-corrected chi connectivity index (χ4v) is 3.10. The zero-order chi connectivity index (χ0) is 12.3. The van der Waals surface area contributed by atoms with E-state index in [1.807, 2.05) is 6.20 Å². The highest BCUT2D eigenvalue weighted by molar-refractivity contribution is 7.11. The van der Waals surface area contributed by atoms with Crippen LogP contribution in [0.2, 0.25) is 0 Å². The lowest BCUT2D eigenvalue weighted by atomic mass is 10.2. The SMILES string of the molecule is CCCNC(C)c1cnc(C(OC)C2CC2)s1. The van der Waals surface area contributed by atoms with E-state index in [4.69, 9.17) is 4.74 Å². The maximum atomic E-state index is 5.56. The maximum absolute atomic E-state index is 5.56. The summed E-state index contributed by atoms with van der Waals surface area (Å²) < 4.78 is 5.56. The molecule has 0 radical (unpaired) electrons. The van der Waals surface area contributed by atoms with Gasteiger partial charge in [-0.25, -0.2) is 4.98 Å². The normalized spacial score (nSPS) is 19.2. The van der Waals surface area contributed by atoms with Crippen molar-refractivity contribution in [1.82, 2.24) is 10.3 Å². The molecule has 1 saturated carbocycles. The number of nitrogens with one attached hydrogen (secondary N) is 1. The summed E-state index contributed by atoms with van der Waals surface area (Å²) in [6.45, 7) is 5.45. The van der Waals surface area contributed by atoms with Crippen molar-refractivity contribution >= 4 is 11.3 Å². The van der Waals surface area contributed by atoms with Crippen molar-refractivity contribution in [2.45, 2.75) is 45.3 Å². The molecule has 0 aliphatic heterocycles. The topological polar surface area (TPSA) is 34.2 Å². The van der Waals surface area contributed by atoms with Crippen LogP contribution in [-0.2, 0) is 4.74 Å². The first-order valence-corrected chi connectivity index (χ1v) is 7.29. The van der Waals surface area contributed by atoms with Crippen LogP contribution < -0.4 is 5.32 Å². The lowest BCUT2D eigenvalue weighted by Gasteiger charge is -2.12. The molecule has 0 bridgehead atoms. The Bertz CT molecular complexity index is 349. The van der Waals surface area contributed by atoms with E-state index in [0.29, 0.717) is 12.0 Å². The van der Waals surface area contributed by atoms with Crippen molar-refractivity contribution in [3.63, 3.8) is 0 Å². The summed E-state index contributed by atoms with van der Waals surface area (Å²) in [6, 6.07) is 0.401. The highest BCUT2D eigenvalue weighted by Crippen LogP contribution is 2.44. The first-order chi connectivity index (χ1) is 8.26. The molecule has 17 heavy (non-hydrogen) atoms. The Morgan fingerprint density at radius 3 is 2.94 bits per heavy atom. The average molecular weight is 254 g/mol. The van der Waals surface area contributed by atoms with Crippen molar-refractivity contribution in [1.29, 1.82) is 0 Å². The van der Waals surface area contributed by atoms with Crippen LogP contribution in [0, 0.1) is 5.92 Å². The van der Waals surface area contributed by atoms with Crippen LogP contribution in [0.5, 0.6) is 0 Å². The van der Waals surface area contributed by atoms with Gasteiger partial charge in [-0.2, -0.15) is 0 Å². The molecule has 0 spiro atoms. The molecule has 1 aliphatic carbocycles. The summed E-state index contributed by atoms with van der Waals surface area (Å²) in [7, 11) is 1.79. The molecular formula is C13H22N2OS. The Hall–Kier alpha value is -0.450. The number of nitrogens with zero attached hydrogens (tertiary/aromatic N) is 1. The molecular weight excluding hydrogens is 232 g/mol. The standard InChI is InChI=1S/C13H22N2OS/c1-4-7-14-9(2)11-8-15-13(17-11)12(16-3)10-5-6-10/h8-10,12,14H,4-7H2,1-3H3. The summed E-state index contributed by atoms with van der Waals surface area (Å²) >= 11 is 1.79. The number of methoxy groups -OCH3 is 1. The van der Waals surface area contributed by atoms with Crippen LogP contribution in [0.4, 0.5) is 0 Å². The second kappa shape index (κ2) is 5.94. The number of hydrogen-bond acceptors (Lipinski definition) is 4.